The van der Waals surface area contributed by atoms with Crippen molar-refractivity contribution in [3.63, 3.8) is 0 Å². The first kappa shape index (κ1) is 20.7. The zero-order chi connectivity index (χ0) is 20.8. The Morgan fingerprint density at radius 2 is 1.69 bits per heavy atom. The molecule has 1 N–H and O–H groups in total. The van der Waals surface area contributed by atoms with Crippen LogP contribution < -0.4 is 5.32 Å². The molecule has 0 aliphatic rings. The molecular formula is C24H21ClFNO2. The number of Topliss-reactive ketones (excluding diaryl/α,β-unsaturated/α-hetero) is 1. The van der Waals surface area contributed by atoms with E-state index in [9.17, 15) is 14.0 Å². The van der Waals surface area contributed by atoms with E-state index < -0.39 is 17.8 Å². The number of amides is 1. The second-order valence-corrected chi connectivity index (χ2v) is 7.32. The van der Waals surface area contributed by atoms with Crippen LogP contribution in [0.25, 0.3) is 0 Å². The largest absolute Gasteiger partial charge is 0.342 e. The Balaban J connectivity index is 1.84. The standard InChI is InChI=1S/C24H21ClFNO2/c1-16-11-12-19(26)14-18(16)15-23(28)22(13-17-7-3-2-4-8-17)27-24(29)20-9-5-6-10-21(20)25/h2-12,14,22H,13,15H2,1H3,(H,27,29). The summed E-state index contributed by atoms with van der Waals surface area (Å²) in [6, 6.07) is 19.7. The summed E-state index contributed by atoms with van der Waals surface area (Å²) in [5, 5.41) is 3.13. The lowest BCUT2D eigenvalue weighted by atomic mass is 9.95. The number of hydrogen-bond donors (Lipinski definition) is 1. The Morgan fingerprint density at radius 1 is 1.00 bits per heavy atom. The van der Waals surface area contributed by atoms with Gasteiger partial charge in [-0.1, -0.05) is 60.1 Å². The first-order chi connectivity index (χ1) is 13.9. The van der Waals surface area contributed by atoms with Gasteiger partial charge in [0.15, 0.2) is 5.78 Å². The van der Waals surface area contributed by atoms with E-state index in [0.717, 1.165) is 11.1 Å². The molecule has 148 valence electrons. The average Bonchev–Trinajstić information content (AvgIpc) is 2.71. The van der Waals surface area contributed by atoms with Crippen LogP contribution in [0.5, 0.6) is 0 Å². The van der Waals surface area contributed by atoms with Gasteiger partial charge < -0.3 is 5.32 Å². The zero-order valence-electron chi connectivity index (χ0n) is 16.0. The predicted molar refractivity (Wildman–Crippen MR) is 113 cm³/mol. The fourth-order valence-corrected chi connectivity index (χ4v) is 3.34. The molecule has 0 fully saturated rings. The summed E-state index contributed by atoms with van der Waals surface area (Å²) in [6.07, 6.45) is 0.369. The Hall–Kier alpha value is -2.98. The number of benzene rings is 3. The second kappa shape index (κ2) is 9.48. The van der Waals surface area contributed by atoms with Gasteiger partial charge in [-0.05, 0) is 54.3 Å². The lowest BCUT2D eigenvalue weighted by Crippen LogP contribution is -2.43. The Morgan fingerprint density at radius 3 is 2.41 bits per heavy atom. The van der Waals surface area contributed by atoms with Crippen LogP contribution in [0, 0.1) is 12.7 Å². The van der Waals surface area contributed by atoms with Crippen molar-refractivity contribution in [3.8, 4) is 0 Å². The van der Waals surface area contributed by atoms with Crippen LogP contribution in [0.2, 0.25) is 5.02 Å². The quantitative estimate of drug-likeness (QED) is 0.600. The third kappa shape index (κ3) is 5.52. The van der Waals surface area contributed by atoms with Crippen molar-refractivity contribution in [2.75, 3.05) is 0 Å². The van der Waals surface area contributed by atoms with Gasteiger partial charge in [-0.2, -0.15) is 0 Å². The third-order valence-corrected chi connectivity index (χ3v) is 5.10. The highest BCUT2D eigenvalue weighted by atomic mass is 35.5. The zero-order valence-corrected chi connectivity index (χ0v) is 16.7. The molecule has 3 aromatic carbocycles. The highest BCUT2D eigenvalue weighted by Gasteiger charge is 2.23. The van der Waals surface area contributed by atoms with Gasteiger partial charge in [0.25, 0.3) is 5.91 Å². The topological polar surface area (TPSA) is 46.2 Å². The fourth-order valence-electron chi connectivity index (χ4n) is 3.12. The lowest BCUT2D eigenvalue weighted by Gasteiger charge is -2.19. The smallest absolute Gasteiger partial charge is 0.253 e. The summed E-state index contributed by atoms with van der Waals surface area (Å²) in [5.41, 5.74) is 2.67. The van der Waals surface area contributed by atoms with Gasteiger partial charge in [-0.25, -0.2) is 4.39 Å². The monoisotopic (exact) mass is 409 g/mol. The molecule has 0 aromatic heterocycles. The molecule has 29 heavy (non-hydrogen) atoms. The molecule has 0 saturated heterocycles. The molecule has 3 aromatic rings. The summed E-state index contributed by atoms with van der Waals surface area (Å²) in [5.74, 6) is -0.998. The first-order valence-corrected chi connectivity index (χ1v) is 9.69. The maximum absolute atomic E-state index is 13.6. The Kier molecular flexibility index (Phi) is 6.78. The molecule has 0 aliphatic carbocycles. The van der Waals surface area contributed by atoms with Crippen molar-refractivity contribution in [2.45, 2.75) is 25.8 Å². The van der Waals surface area contributed by atoms with Crippen LogP contribution in [0.1, 0.15) is 27.0 Å². The van der Waals surface area contributed by atoms with Gasteiger partial charge in [0, 0.05) is 6.42 Å². The van der Waals surface area contributed by atoms with Crippen LogP contribution in [-0.4, -0.2) is 17.7 Å². The van der Waals surface area contributed by atoms with Crippen LogP contribution in [0.4, 0.5) is 4.39 Å². The lowest BCUT2D eigenvalue weighted by molar-refractivity contribution is -0.120. The number of carbonyl (C=O) groups excluding carboxylic acids is 2. The molecular weight excluding hydrogens is 389 g/mol. The second-order valence-electron chi connectivity index (χ2n) is 6.91. The average molecular weight is 410 g/mol. The van der Waals surface area contributed by atoms with Gasteiger partial charge in [0.1, 0.15) is 5.82 Å². The number of carbonyl (C=O) groups is 2. The number of rotatable bonds is 7. The minimum absolute atomic E-state index is 0.0316. The molecule has 0 aliphatic heterocycles. The van der Waals surface area contributed by atoms with E-state index in [1.165, 1.54) is 12.1 Å². The molecule has 0 saturated carbocycles. The molecule has 0 bridgehead atoms. The number of ketones is 1. The van der Waals surface area contributed by atoms with Crippen LogP contribution in [0.15, 0.2) is 72.8 Å². The Bertz CT molecular complexity index is 1020. The number of nitrogens with one attached hydrogen (secondary N) is 1. The molecule has 0 heterocycles. The molecule has 3 nitrogen and oxygen atoms in total. The van der Waals surface area contributed by atoms with Gasteiger partial charge in [-0.3, -0.25) is 9.59 Å². The van der Waals surface area contributed by atoms with Crippen LogP contribution >= 0.6 is 11.6 Å². The summed E-state index contributed by atoms with van der Waals surface area (Å²) >= 11 is 6.12. The van der Waals surface area contributed by atoms with Gasteiger partial charge >= 0.3 is 0 Å². The first-order valence-electron chi connectivity index (χ1n) is 9.31. The molecule has 0 radical (unpaired) electrons. The normalized spacial score (nSPS) is 11.7. The van der Waals surface area contributed by atoms with E-state index in [0.29, 0.717) is 22.6 Å². The summed E-state index contributed by atoms with van der Waals surface area (Å²) in [6.45, 7) is 1.83. The SMILES string of the molecule is Cc1ccc(F)cc1CC(=O)C(Cc1ccccc1)NC(=O)c1ccccc1Cl. The van der Waals surface area contributed by atoms with Gasteiger partial charge in [0.05, 0.1) is 16.6 Å². The van der Waals surface area contributed by atoms with Crippen LogP contribution in [-0.2, 0) is 17.6 Å². The van der Waals surface area contributed by atoms with Gasteiger partial charge in [0.2, 0.25) is 0 Å². The summed E-state index contributed by atoms with van der Waals surface area (Å²) in [7, 11) is 0. The van der Waals surface area contributed by atoms with E-state index in [-0.39, 0.29) is 12.2 Å². The summed E-state index contributed by atoms with van der Waals surface area (Å²) < 4.78 is 13.6. The maximum atomic E-state index is 13.6. The van der Waals surface area contributed by atoms with E-state index in [4.69, 9.17) is 11.6 Å². The van der Waals surface area contributed by atoms with Crippen molar-refractivity contribution in [1.82, 2.24) is 5.32 Å². The van der Waals surface area contributed by atoms with Gasteiger partial charge in [-0.15, -0.1) is 0 Å². The van der Waals surface area contributed by atoms with Crippen molar-refractivity contribution < 1.29 is 14.0 Å². The highest BCUT2D eigenvalue weighted by Crippen LogP contribution is 2.17. The van der Waals surface area contributed by atoms with E-state index >= 15 is 0 Å². The van der Waals surface area contributed by atoms with Crippen LogP contribution in [0.3, 0.4) is 0 Å². The number of aryl methyl sites for hydroxylation is 1. The predicted octanol–water partition coefficient (Wildman–Crippen LogP) is 4.94. The molecule has 3 rings (SSSR count). The molecule has 1 unspecified atom stereocenters. The number of halogens is 2. The van der Waals surface area contributed by atoms with Crippen molar-refractivity contribution in [3.05, 3.63) is 106 Å². The van der Waals surface area contributed by atoms with E-state index in [2.05, 4.69) is 5.32 Å². The van der Waals surface area contributed by atoms with Crippen molar-refractivity contribution in [1.29, 1.82) is 0 Å². The summed E-state index contributed by atoms with van der Waals surface area (Å²) in [4.78, 5) is 25.8. The fraction of sp³-hybridized carbons (Fsp3) is 0.167. The minimum atomic E-state index is -0.760. The molecule has 0 spiro atoms. The Labute approximate surface area is 174 Å². The maximum Gasteiger partial charge on any atom is 0.253 e. The van der Waals surface area contributed by atoms with E-state index in [1.807, 2.05) is 37.3 Å². The molecule has 1 atom stereocenters. The van der Waals surface area contributed by atoms with Crippen molar-refractivity contribution in [2.24, 2.45) is 0 Å². The van der Waals surface area contributed by atoms with Crippen molar-refractivity contribution >= 4 is 23.3 Å². The number of hydrogen-bond acceptors (Lipinski definition) is 2. The minimum Gasteiger partial charge on any atom is -0.342 e. The molecule has 5 heteroatoms. The van der Waals surface area contributed by atoms with E-state index in [1.54, 1.807) is 30.3 Å². The highest BCUT2D eigenvalue weighted by molar-refractivity contribution is 6.33. The molecule has 1 amide bonds. The third-order valence-electron chi connectivity index (χ3n) is 4.77.